The zero-order valence-corrected chi connectivity index (χ0v) is 19.6. The van der Waals surface area contributed by atoms with Crippen LogP contribution in [0.1, 0.15) is 22.7 Å². The van der Waals surface area contributed by atoms with Gasteiger partial charge in [-0.15, -0.1) is 5.10 Å². The number of allylic oxidation sites excluding steroid dienone is 1. The van der Waals surface area contributed by atoms with Crippen molar-refractivity contribution in [1.82, 2.24) is 14.8 Å². The number of hydrogen-bond donors (Lipinski definition) is 2. The van der Waals surface area contributed by atoms with Crippen molar-refractivity contribution in [2.24, 2.45) is 0 Å². The van der Waals surface area contributed by atoms with Gasteiger partial charge in [-0.3, -0.25) is 10.1 Å². The van der Waals surface area contributed by atoms with Gasteiger partial charge in [0.2, 0.25) is 5.95 Å². The Balaban J connectivity index is 1.43. The maximum atomic E-state index is 12.5. The molecule has 1 atom stereocenters. The smallest absolute Gasteiger partial charge is 0.250 e. The molecule has 0 bridgehead atoms. The molecule has 0 fully saturated rings. The normalized spacial score (nSPS) is 14.7. The van der Waals surface area contributed by atoms with Crippen LogP contribution in [-0.2, 0) is 4.79 Å². The van der Waals surface area contributed by atoms with E-state index in [9.17, 15) is 4.79 Å². The third-order valence-corrected chi connectivity index (χ3v) is 5.91. The van der Waals surface area contributed by atoms with Gasteiger partial charge in [0.15, 0.2) is 0 Å². The van der Waals surface area contributed by atoms with Crippen LogP contribution in [0.15, 0.2) is 91.0 Å². The highest BCUT2D eigenvalue weighted by atomic mass is 35.5. The molecule has 35 heavy (non-hydrogen) atoms. The van der Waals surface area contributed by atoms with E-state index in [0.717, 1.165) is 28.1 Å². The lowest BCUT2D eigenvalue weighted by molar-refractivity contribution is -0.111. The Morgan fingerprint density at radius 2 is 1.80 bits per heavy atom. The Hall–Kier alpha value is -4.36. The van der Waals surface area contributed by atoms with Crippen molar-refractivity contribution in [2.45, 2.75) is 6.04 Å². The Kier molecular flexibility index (Phi) is 6.32. The topological polar surface area (TPSA) is 81.1 Å². The van der Waals surface area contributed by atoms with Crippen molar-refractivity contribution in [3.8, 4) is 5.75 Å². The van der Waals surface area contributed by atoms with E-state index in [0.29, 0.717) is 11.0 Å². The van der Waals surface area contributed by atoms with Crippen molar-refractivity contribution in [3.63, 3.8) is 0 Å². The zero-order valence-electron chi connectivity index (χ0n) is 18.9. The molecule has 1 unspecified atom stereocenters. The number of carbonyl (C=O) groups excluding carboxylic acids is 1. The zero-order chi connectivity index (χ0) is 24.2. The first-order valence-electron chi connectivity index (χ1n) is 11.0. The van der Waals surface area contributed by atoms with Crippen molar-refractivity contribution in [2.75, 3.05) is 17.7 Å². The van der Waals surface area contributed by atoms with E-state index in [-0.39, 0.29) is 17.9 Å². The summed E-state index contributed by atoms with van der Waals surface area (Å²) < 4.78 is 7.05. The van der Waals surface area contributed by atoms with Crippen molar-refractivity contribution in [3.05, 3.63) is 113 Å². The van der Waals surface area contributed by atoms with Crippen LogP contribution in [0.25, 0.3) is 11.8 Å². The fraction of sp³-hybridized carbons (Fsp3) is 0.0741. The van der Waals surface area contributed by atoms with Crippen LogP contribution < -0.4 is 15.4 Å². The van der Waals surface area contributed by atoms with Crippen LogP contribution in [0.2, 0.25) is 5.02 Å². The number of halogens is 1. The summed E-state index contributed by atoms with van der Waals surface area (Å²) >= 11 is 6.16. The third-order valence-electron chi connectivity index (χ3n) is 5.56. The molecule has 1 aromatic heterocycles. The van der Waals surface area contributed by atoms with Gasteiger partial charge < -0.3 is 10.1 Å². The van der Waals surface area contributed by atoms with E-state index in [4.69, 9.17) is 16.3 Å². The number of nitrogens with zero attached hydrogens (tertiary/aromatic N) is 3. The molecular formula is C27H22ClN5O2. The number of ether oxygens (including phenoxy) is 1. The predicted octanol–water partition coefficient (Wildman–Crippen LogP) is 5.65. The minimum Gasteiger partial charge on any atom is -0.497 e. The maximum Gasteiger partial charge on any atom is 0.250 e. The fourth-order valence-electron chi connectivity index (χ4n) is 3.80. The standard InChI is InChI=1S/C27H22ClN5O2/c1-35-21-14-11-20(12-15-21)24-17-23(19-8-3-2-4-9-19)29-27-31-26(32-33(24)27)30-25(34)16-13-18-7-5-6-10-22(18)28/h2-17,24H,1H3,(H2,29,30,31,32,34). The van der Waals surface area contributed by atoms with Gasteiger partial charge in [0.1, 0.15) is 11.8 Å². The second-order valence-corrected chi connectivity index (χ2v) is 8.24. The molecule has 0 spiro atoms. The molecule has 1 amide bonds. The van der Waals surface area contributed by atoms with Crippen molar-refractivity contribution in [1.29, 1.82) is 0 Å². The third kappa shape index (κ3) is 4.95. The average Bonchev–Trinajstić information content (AvgIpc) is 3.30. The molecule has 7 nitrogen and oxygen atoms in total. The SMILES string of the molecule is COc1ccc(C2C=C(c3ccccc3)Nc3nc(NC(=O)C=Cc4ccccc4Cl)nn32)cc1. The molecule has 0 saturated heterocycles. The van der Waals surface area contributed by atoms with Crippen LogP contribution >= 0.6 is 11.6 Å². The Morgan fingerprint density at radius 1 is 1.06 bits per heavy atom. The predicted molar refractivity (Wildman–Crippen MR) is 138 cm³/mol. The quantitative estimate of drug-likeness (QED) is 0.346. The number of benzene rings is 3. The molecule has 2 heterocycles. The lowest BCUT2D eigenvalue weighted by Gasteiger charge is -2.24. The molecule has 1 aliphatic rings. The van der Waals surface area contributed by atoms with Crippen LogP contribution in [-0.4, -0.2) is 27.8 Å². The summed E-state index contributed by atoms with van der Waals surface area (Å²) in [5.41, 5.74) is 3.68. The van der Waals surface area contributed by atoms with E-state index in [1.165, 1.54) is 6.08 Å². The van der Waals surface area contributed by atoms with Crippen molar-refractivity contribution < 1.29 is 9.53 Å². The number of methoxy groups -OCH3 is 1. The summed E-state index contributed by atoms with van der Waals surface area (Å²) in [6, 6.07) is 24.9. The summed E-state index contributed by atoms with van der Waals surface area (Å²) in [5, 5.41) is 11.2. The largest absolute Gasteiger partial charge is 0.497 e. The van der Waals surface area contributed by atoms with Gasteiger partial charge in [0.05, 0.1) is 7.11 Å². The van der Waals surface area contributed by atoms with E-state index >= 15 is 0 Å². The maximum absolute atomic E-state index is 12.5. The highest BCUT2D eigenvalue weighted by Crippen LogP contribution is 2.33. The summed E-state index contributed by atoms with van der Waals surface area (Å²) in [4.78, 5) is 17.1. The second-order valence-electron chi connectivity index (χ2n) is 7.84. The molecular weight excluding hydrogens is 462 g/mol. The van der Waals surface area contributed by atoms with Gasteiger partial charge in [0.25, 0.3) is 11.9 Å². The van der Waals surface area contributed by atoms with Crippen LogP contribution in [0.5, 0.6) is 5.75 Å². The van der Waals surface area contributed by atoms with Crippen LogP contribution in [0.3, 0.4) is 0 Å². The molecule has 1 aliphatic heterocycles. The number of anilines is 2. The first kappa shape index (κ1) is 22.4. The molecule has 0 saturated carbocycles. The molecule has 4 aromatic rings. The first-order valence-corrected chi connectivity index (χ1v) is 11.4. The number of aromatic nitrogens is 3. The highest BCUT2D eigenvalue weighted by molar-refractivity contribution is 6.32. The molecule has 0 aliphatic carbocycles. The number of amides is 1. The summed E-state index contributed by atoms with van der Waals surface area (Å²) in [6.07, 6.45) is 5.14. The average molecular weight is 484 g/mol. The van der Waals surface area contributed by atoms with Crippen LogP contribution in [0.4, 0.5) is 11.9 Å². The number of nitrogens with one attached hydrogen (secondary N) is 2. The number of rotatable bonds is 6. The van der Waals surface area contributed by atoms with Gasteiger partial charge in [-0.1, -0.05) is 72.3 Å². The molecule has 174 valence electrons. The summed E-state index contributed by atoms with van der Waals surface area (Å²) in [7, 11) is 1.64. The van der Waals surface area contributed by atoms with E-state index < -0.39 is 0 Å². The summed E-state index contributed by atoms with van der Waals surface area (Å²) in [5.74, 6) is 1.14. The molecule has 2 N–H and O–H groups in total. The molecule has 8 heteroatoms. The molecule has 5 rings (SSSR count). The first-order chi connectivity index (χ1) is 17.1. The van der Waals surface area contributed by atoms with E-state index in [2.05, 4.69) is 26.8 Å². The minimum atomic E-state index is -0.356. The van der Waals surface area contributed by atoms with Crippen molar-refractivity contribution >= 4 is 41.2 Å². The second kappa shape index (κ2) is 9.87. The van der Waals surface area contributed by atoms with Gasteiger partial charge in [-0.05, 0) is 47.0 Å². The number of carbonyl (C=O) groups is 1. The van der Waals surface area contributed by atoms with E-state index in [1.807, 2.05) is 72.8 Å². The lowest BCUT2D eigenvalue weighted by atomic mass is 10.0. The van der Waals surface area contributed by atoms with E-state index in [1.54, 1.807) is 23.9 Å². The highest BCUT2D eigenvalue weighted by Gasteiger charge is 2.25. The van der Waals surface area contributed by atoms with Crippen LogP contribution in [0, 0.1) is 0 Å². The van der Waals surface area contributed by atoms with Gasteiger partial charge in [0, 0.05) is 16.8 Å². The number of fused-ring (bicyclic) bond motifs is 1. The molecule has 0 radical (unpaired) electrons. The minimum absolute atomic E-state index is 0.197. The van der Waals surface area contributed by atoms with Gasteiger partial charge in [-0.2, -0.15) is 4.98 Å². The Labute approximate surface area is 207 Å². The summed E-state index contributed by atoms with van der Waals surface area (Å²) in [6.45, 7) is 0. The monoisotopic (exact) mass is 483 g/mol. The lowest BCUT2D eigenvalue weighted by Crippen LogP contribution is -2.20. The van der Waals surface area contributed by atoms with Gasteiger partial charge >= 0.3 is 0 Å². The Bertz CT molecular complexity index is 1410. The molecule has 3 aromatic carbocycles. The Morgan fingerprint density at radius 3 is 2.54 bits per heavy atom. The fourth-order valence-corrected chi connectivity index (χ4v) is 4.00. The number of hydrogen-bond acceptors (Lipinski definition) is 5. The van der Waals surface area contributed by atoms with Gasteiger partial charge in [-0.25, -0.2) is 4.68 Å².